The van der Waals surface area contributed by atoms with Gasteiger partial charge in [-0.05, 0) is 26.7 Å². The molecule has 1 saturated heterocycles. The van der Waals surface area contributed by atoms with Crippen LogP contribution in [0.1, 0.15) is 26.7 Å². The Hall–Kier alpha value is 0.230. The van der Waals surface area contributed by atoms with Crippen molar-refractivity contribution in [1.82, 2.24) is 4.90 Å². The van der Waals surface area contributed by atoms with Gasteiger partial charge in [-0.15, -0.1) is 0 Å². The van der Waals surface area contributed by atoms with Gasteiger partial charge in [0.1, 0.15) is 0 Å². The van der Waals surface area contributed by atoms with E-state index in [1.807, 2.05) is 4.90 Å². The number of fused-ring (bicyclic) bond motifs is 1. The van der Waals surface area contributed by atoms with Gasteiger partial charge in [0.15, 0.2) is 0 Å². The van der Waals surface area contributed by atoms with E-state index < -0.39 is 0 Å². The zero-order valence-corrected chi connectivity index (χ0v) is 12.3. The smallest absolute Gasteiger partial charge is 0.410 e. The second-order valence-corrected chi connectivity index (χ2v) is 7.15. The van der Waals surface area contributed by atoms with E-state index in [-0.39, 0.29) is 17.2 Å². The molecule has 2 aliphatic rings. The molecular weight excluding hydrogens is 326 g/mol. The SMILES string of the molecule is COC(=O)N1[C@]2(C)C[C@H](Br)[C@@H](Br)C[C@@]12C. The van der Waals surface area contributed by atoms with Crippen LogP contribution in [0.2, 0.25) is 0 Å². The monoisotopic (exact) mass is 339 g/mol. The molecule has 1 heterocycles. The molecule has 0 aromatic carbocycles. The Morgan fingerprint density at radius 1 is 1.27 bits per heavy atom. The maximum Gasteiger partial charge on any atom is 0.410 e. The molecule has 0 radical (unpaired) electrons. The van der Waals surface area contributed by atoms with E-state index in [1.165, 1.54) is 7.11 Å². The highest BCUT2D eigenvalue weighted by Crippen LogP contribution is 2.62. The van der Waals surface area contributed by atoms with E-state index in [4.69, 9.17) is 4.74 Å². The van der Waals surface area contributed by atoms with E-state index in [0.717, 1.165) is 12.8 Å². The molecule has 0 N–H and O–H groups in total. The molecule has 0 aromatic heterocycles. The minimum Gasteiger partial charge on any atom is -0.453 e. The fraction of sp³-hybridized carbons (Fsp3) is 0.900. The van der Waals surface area contributed by atoms with E-state index in [2.05, 4.69) is 45.7 Å². The molecular formula is C10H15Br2NO2. The first-order chi connectivity index (χ1) is 6.87. The lowest BCUT2D eigenvalue weighted by atomic mass is 9.82. The van der Waals surface area contributed by atoms with Gasteiger partial charge in [-0.2, -0.15) is 0 Å². The first-order valence-electron chi connectivity index (χ1n) is 5.03. The summed E-state index contributed by atoms with van der Waals surface area (Å²) in [5.74, 6) is 0. The molecule has 0 unspecified atom stereocenters. The van der Waals surface area contributed by atoms with Crippen LogP contribution >= 0.6 is 31.9 Å². The number of carbonyl (C=O) groups excluding carboxylic acids is 1. The van der Waals surface area contributed by atoms with Gasteiger partial charge >= 0.3 is 6.09 Å². The summed E-state index contributed by atoms with van der Waals surface area (Å²) in [6.07, 6.45) is 1.73. The lowest BCUT2D eigenvalue weighted by Crippen LogP contribution is -2.36. The van der Waals surface area contributed by atoms with Crippen LogP contribution in [0.3, 0.4) is 0 Å². The number of rotatable bonds is 0. The number of carbonyl (C=O) groups is 1. The molecule has 4 atom stereocenters. The number of alkyl halides is 2. The molecule has 0 aromatic rings. The Labute approximate surface area is 107 Å². The van der Waals surface area contributed by atoms with Gasteiger partial charge in [0.05, 0.1) is 18.2 Å². The average Bonchev–Trinajstić information content (AvgIpc) is 2.62. The van der Waals surface area contributed by atoms with Crippen LogP contribution in [0.15, 0.2) is 0 Å². The normalized spacial score (nSPS) is 48.5. The fourth-order valence-corrected chi connectivity index (χ4v) is 4.50. The first kappa shape index (κ1) is 11.7. The summed E-state index contributed by atoms with van der Waals surface area (Å²) >= 11 is 7.31. The average molecular weight is 341 g/mol. The summed E-state index contributed by atoms with van der Waals surface area (Å²) < 4.78 is 4.82. The Morgan fingerprint density at radius 3 is 2.00 bits per heavy atom. The van der Waals surface area contributed by atoms with Crippen LogP contribution in [-0.2, 0) is 4.74 Å². The third-order valence-corrected chi connectivity index (χ3v) is 6.67. The molecule has 0 bridgehead atoms. The number of hydrogen-bond acceptors (Lipinski definition) is 2. The van der Waals surface area contributed by atoms with Gasteiger partial charge in [-0.25, -0.2) is 4.79 Å². The maximum absolute atomic E-state index is 11.6. The van der Waals surface area contributed by atoms with Crippen molar-refractivity contribution in [3.05, 3.63) is 0 Å². The second-order valence-electron chi connectivity index (χ2n) is 4.79. The predicted octanol–water partition coefficient (Wildman–Crippen LogP) is 2.91. The summed E-state index contributed by atoms with van der Waals surface area (Å²) in [6.45, 7) is 4.27. The second kappa shape index (κ2) is 3.36. The van der Waals surface area contributed by atoms with Crippen molar-refractivity contribution < 1.29 is 9.53 Å². The largest absolute Gasteiger partial charge is 0.453 e. The van der Waals surface area contributed by atoms with Gasteiger partial charge in [-0.1, -0.05) is 31.9 Å². The Bertz CT molecular complexity index is 290. The number of amides is 1. The van der Waals surface area contributed by atoms with Crippen molar-refractivity contribution >= 4 is 38.0 Å². The van der Waals surface area contributed by atoms with Crippen LogP contribution < -0.4 is 0 Å². The lowest BCUT2D eigenvalue weighted by Gasteiger charge is -2.28. The Balaban J connectivity index is 2.23. The van der Waals surface area contributed by atoms with Gasteiger partial charge in [0, 0.05) is 9.65 Å². The molecule has 1 saturated carbocycles. The predicted molar refractivity (Wildman–Crippen MR) is 65.7 cm³/mol. The van der Waals surface area contributed by atoms with Crippen molar-refractivity contribution in [2.24, 2.45) is 0 Å². The van der Waals surface area contributed by atoms with E-state index >= 15 is 0 Å². The zero-order valence-electron chi connectivity index (χ0n) is 9.09. The fourth-order valence-electron chi connectivity index (χ4n) is 2.86. The van der Waals surface area contributed by atoms with Gasteiger partial charge < -0.3 is 4.74 Å². The van der Waals surface area contributed by atoms with Crippen molar-refractivity contribution in [1.29, 1.82) is 0 Å². The lowest BCUT2D eigenvalue weighted by molar-refractivity contribution is 0.143. The van der Waals surface area contributed by atoms with Crippen molar-refractivity contribution in [2.45, 2.75) is 47.4 Å². The van der Waals surface area contributed by atoms with Crippen LogP contribution in [0.4, 0.5) is 4.79 Å². The molecule has 0 spiro atoms. The zero-order chi connectivity index (χ0) is 11.4. The molecule has 2 fully saturated rings. The van der Waals surface area contributed by atoms with Crippen molar-refractivity contribution in [3.8, 4) is 0 Å². The molecule has 15 heavy (non-hydrogen) atoms. The summed E-state index contributed by atoms with van der Waals surface area (Å²) in [4.78, 5) is 14.4. The summed E-state index contributed by atoms with van der Waals surface area (Å²) in [5.41, 5.74) is -0.0862. The van der Waals surface area contributed by atoms with Crippen molar-refractivity contribution in [2.75, 3.05) is 7.11 Å². The third-order valence-electron chi connectivity index (χ3n) is 4.03. The van der Waals surface area contributed by atoms with Crippen molar-refractivity contribution in [3.63, 3.8) is 0 Å². The van der Waals surface area contributed by atoms with E-state index in [0.29, 0.717) is 9.65 Å². The minimum atomic E-state index is -0.207. The summed E-state index contributed by atoms with van der Waals surface area (Å²) in [7, 11) is 1.44. The molecule has 86 valence electrons. The topological polar surface area (TPSA) is 29.3 Å². The minimum absolute atomic E-state index is 0.0431. The number of nitrogens with zero attached hydrogens (tertiary/aromatic N) is 1. The molecule has 1 aliphatic heterocycles. The number of hydrogen-bond donors (Lipinski definition) is 0. The van der Waals surface area contributed by atoms with E-state index in [9.17, 15) is 4.79 Å². The summed E-state index contributed by atoms with van der Waals surface area (Å²) in [5, 5.41) is 0. The number of methoxy groups -OCH3 is 1. The Kier molecular flexibility index (Phi) is 2.62. The number of ether oxygens (including phenoxy) is 1. The van der Waals surface area contributed by atoms with Gasteiger partial charge in [0.25, 0.3) is 0 Å². The molecule has 1 aliphatic carbocycles. The van der Waals surface area contributed by atoms with Gasteiger partial charge in [-0.3, -0.25) is 4.90 Å². The molecule has 2 rings (SSSR count). The Morgan fingerprint density at radius 2 is 1.67 bits per heavy atom. The first-order valence-corrected chi connectivity index (χ1v) is 6.86. The molecule has 3 nitrogen and oxygen atoms in total. The summed E-state index contributed by atoms with van der Waals surface area (Å²) in [6, 6.07) is 0. The number of likely N-dealkylation sites (tertiary alicyclic amines) is 1. The van der Waals surface area contributed by atoms with E-state index in [1.54, 1.807) is 0 Å². The third kappa shape index (κ3) is 1.38. The van der Waals surface area contributed by atoms with Crippen LogP contribution in [0.5, 0.6) is 0 Å². The highest BCUT2D eigenvalue weighted by Gasteiger charge is 2.74. The molecule has 5 heteroatoms. The number of halogens is 2. The van der Waals surface area contributed by atoms with Gasteiger partial charge in [0.2, 0.25) is 0 Å². The van der Waals surface area contributed by atoms with Crippen LogP contribution in [0.25, 0.3) is 0 Å². The highest BCUT2D eigenvalue weighted by atomic mass is 79.9. The maximum atomic E-state index is 11.6. The standard InChI is InChI=1S/C10H15Br2NO2/c1-9-4-6(11)7(12)5-10(9,2)13(9)8(14)15-3/h6-7H,4-5H2,1-3H3/t6-,7-,9+,10+/m0/s1. The van der Waals surface area contributed by atoms with Crippen LogP contribution in [0, 0.1) is 0 Å². The quantitative estimate of drug-likeness (QED) is 0.501. The van der Waals surface area contributed by atoms with Crippen LogP contribution in [-0.4, -0.2) is 38.8 Å². The highest BCUT2D eigenvalue weighted by molar-refractivity contribution is 9.12. The molecule has 1 amide bonds.